The molecule has 0 amide bonds. The molecule has 144 valence electrons. The van der Waals surface area contributed by atoms with Crippen molar-refractivity contribution in [3.63, 3.8) is 0 Å². The maximum Gasteiger partial charge on any atom is 0.0619 e. The molecule has 2 nitrogen and oxygen atoms in total. The zero-order chi connectivity index (χ0) is 20.3. The van der Waals surface area contributed by atoms with Crippen LogP contribution < -0.4 is 0 Å². The normalized spacial score (nSPS) is 12.7. The summed E-state index contributed by atoms with van der Waals surface area (Å²) in [5.74, 6) is 0. The largest absolute Gasteiger partial charge is 0.343 e. The van der Waals surface area contributed by atoms with Gasteiger partial charge >= 0.3 is 0 Å². The van der Waals surface area contributed by atoms with Gasteiger partial charge in [0.05, 0.1) is 27.6 Å². The van der Waals surface area contributed by atoms with Crippen LogP contribution in [0.4, 0.5) is 0 Å². The van der Waals surface area contributed by atoms with Gasteiger partial charge in [-0.15, -0.1) is 0 Å². The Morgan fingerprint density at radius 2 is 1.13 bits per heavy atom. The molecular formula is C29H18N2. The lowest BCUT2D eigenvalue weighted by Crippen LogP contribution is -1.90. The van der Waals surface area contributed by atoms with E-state index in [1.807, 2.05) is 0 Å². The Kier molecular flexibility index (Phi) is 2.62. The van der Waals surface area contributed by atoms with Gasteiger partial charge in [-0.3, -0.25) is 0 Å². The van der Waals surface area contributed by atoms with Gasteiger partial charge in [-0.05, 0) is 35.0 Å². The molecule has 3 heterocycles. The van der Waals surface area contributed by atoms with E-state index < -0.39 is 0 Å². The molecule has 0 atom stereocenters. The minimum absolute atomic E-state index is 1.27. The second kappa shape index (κ2) is 5.16. The van der Waals surface area contributed by atoms with E-state index in [2.05, 4.69) is 107 Å². The summed E-state index contributed by atoms with van der Waals surface area (Å²) >= 11 is 0. The fourth-order valence-electron chi connectivity index (χ4n) is 6.00. The van der Waals surface area contributed by atoms with E-state index in [-0.39, 0.29) is 0 Å². The summed E-state index contributed by atoms with van der Waals surface area (Å²) in [7, 11) is 2.21. The van der Waals surface area contributed by atoms with Gasteiger partial charge < -0.3 is 8.97 Å². The van der Waals surface area contributed by atoms with Crippen molar-refractivity contribution >= 4 is 70.7 Å². The summed E-state index contributed by atoms with van der Waals surface area (Å²) in [6.07, 6.45) is 0. The Bertz CT molecular complexity index is 2000. The molecule has 0 unspecified atom stereocenters. The lowest BCUT2D eigenvalue weighted by molar-refractivity contribution is 1.02. The highest BCUT2D eigenvalue weighted by atomic mass is 15.0. The Balaban J connectivity index is 1.91. The Hall–Kier alpha value is -4.04. The summed E-state index contributed by atoms with van der Waals surface area (Å²) in [5, 5.41) is 10.6. The first kappa shape index (κ1) is 15.8. The van der Waals surface area contributed by atoms with E-state index in [1.54, 1.807) is 0 Å². The van der Waals surface area contributed by atoms with Crippen LogP contribution in [0.3, 0.4) is 0 Å². The first-order valence-electron chi connectivity index (χ1n) is 10.8. The summed E-state index contributed by atoms with van der Waals surface area (Å²) in [6, 6.07) is 33.5. The third-order valence-electron chi connectivity index (χ3n) is 7.21. The second-order valence-electron chi connectivity index (χ2n) is 8.65. The maximum absolute atomic E-state index is 2.49. The standard InChI is InChI=1S/C29H18N2/c1-30-24-14-7-15-25-27(24)26-22(16-17-8-2-3-9-18(17)29(26)30)21-12-6-11-20-19-10-4-5-13-23(19)31(25)28(20)21/h2-16H,1H3. The van der Waals surface area contributed by atoms with Crippen molar-refractivity contribution in [1.82, 2.24) is 8.97 Å². The molecule has 0 aliphatic rings. The SMILES string of the molecule is Cn1c2cccc3c2c2c(cc4ccccc4c21)c1cccc2c4ccccc4n3c12. The van der Waals surface area contributed by atoms with Crippen molar-refractivity contribution in [3.05, 3.63) is 91.0 Å². The molecule has 3 aromatic heterocycles. The van der Waals surface area contributed by atoms with Crippen LogP contribution in [0.25, 0.3) is 70.7 Å². The highest BCUT2D eigenvalue weighted by Gasteiger charge is 2.21. The fraction of sp³-hybridized carbons (Fsp3) is 0.0345. The van der Waals surface area contributed by atoms with E-state index in [0.717, 1.165) is 0 Å². The molecule has 8 rings (SSSR count). The maximum atomic E-state index is 2.49. The van der Waals surface area contributed by atoms with E-state index in [1.165, 1.54) is 70.7 Å². The summed E-state index contributed by atoms with van der Waals surface area (Å²) in [5.41, 5.74) is 6.46. The first-order chi connectivity index (χ1) is 15.3. The predicted molar refractivity (Wildman–Crippen MR) is 133 cm³/mol. The first-order valence-corrected chi connectivity index (χ1v) is 10.8. The summed E-state index contributed by atoms with van der Waals surface area (Å²) < 4.78 is 4.88. The topological polar surface area (TPSA) is 9.34 Å². The molecule has 2 heteroatoms. The number of aryl methyl sites for hydroxylation is 1. The fourth-order valence-corrected chi connectivity index (χ4v) is 6.00. The Morgan fingerprint density at radius 1 is 0.484 bits per heavy atom. The summed E-state index contributed by atoms with van der Waals surface area (Å²) in [4.78, 5) is 0. The average molecular weight is 394 g/mol. The van der Waals surface area contributed by atoms with E-state index in [9.17, 15) is 0 Å². The molecule has 5 aromatic carbocycles. The minimum Gasteiger partial charge on any atom is -0.343 e. The van der Waals surface area contributed by atoms with Gasteiger partial charge in [0, 0.05) is 39.4 Å². The Labute approximate surface area is 177 Å². The monoisotopic (exact) mass is 394 g/mol. The number of rotatable bonds is 0. The quantitative estimate of drug-likeness (QED) is 0.250. The number of para-hydroxylation sites is 2. The van der Waals surface area contributed by atoms with Crippen molar-refractivity contribution in [3.8, 4) is 0 Å². The van der Waals surface area contributed by atoms with Crippen LogP contribution in [-0.4, -0.2) is 8.97 Å². The lowest BCUT2D eigenvalue weighted by Gasteiger charge is -2.07. The third-order valence-corrected chi connectivity index (χ3v) is 7.21. The van der Waals surface area contributed by atoms with Crippen LogP contribution in [0, 0.1) is 0 Å². The molecule has 0 spiro atoms. The molecular weight excluding hydrogens is 376 g/mol. The molecule has 0 aliphatic heterocycles. The Morgan fingerprint density at radius 3 is 2.03 bits per heavy atom. The minimum atomic E-state index is 1.27. The number of benzene rings is 5. The molecule has 31 heavy (non-hydrogen) atoms. The number of hydrogen-bond donors (Lipinski definition) is 0. The summed E-state index contributed by atoms with van der Waals surface area (Å²) in [6.45, 7) is 0. The molecule has 0 saturated carbocycles. The lowest BCUT2D eigenvalue weighted by atomic mass is 9.99. The zero-order valence-corrected chi connectivity index (χ0v) is 17.1. The highest BCUT2D eigenvalue weighted by molar-refractivity contribution is 6.34. The number of fused-ring (bicyclic) bond motifs is 7. The highest BCUT2D eigenvalue weighted by Crippen LogP contribution is 2.44. The molecule has 0 bridgehead atoms. The van der Waals surface area contributed by atoms with Gasteiger partial charge in [-0.25, -0.2) is 0 Å². The van der Waals surface area contributed by atoms with Crippen LogP contribution in [0.2, 0.25) is 0 Å². The van der Waals surface area contributed by atoms with Crippen LogP contribution in [-0.2, 0) is 7.05 Å². The van der Waals surface area contributed by atoms with Crippen LogP contribution in [0.1, 0.15) is 0 Å². The molecule has 8 aromatic rings. The smallest absolute Gasteiger partial charge is 0.0619 e. The average Bonchev–Trinajstić information content (AvgIpc) is 3.27. The molecule has 0 saturated heterocycles. The second-order valence-corrected chi connectivity index (χ2v) is 8.65. The van der Waals surface area contributed by atoms with E-state index in [0.29, 0.717) is 0 Å². The van der Waals surface area contributed by atoms with Crippen molar-refractivity contribution in [1.29, 1.82) is 0 Å². The number of nitrogens with zero attached hydrogens (tertiary/aromatic N) is 2. The van der Waals surface area contributed by atoms with Crippen LogP contribution >= 0.6 is 0 Å². The van der Waals surface area contributed by atoms with E-state index >= 15 is 0 Å². The molecule has 0 N–H and O–H groups in total. The van der Waals surface area contributed by atoms with Gasteiger partial charge in [-0.2, -0.15) is 0 Å². The predicted octanol–water partition coefficient (Wildman–Crippen LogP) is 7.63. The molecule has 0 radical (unpaired) electrons. The number of hydrogen-bond acceptors (Lipinski definition) is 0. The van der Waals surface area contributed by atoms with Crippen LogP contribution in [0.5, 0.6) is 0 Å². The van der Waals surface area contributed by atoms with Crippen molar-refractivity contribution < 1.29 is 0 Å². The number of aromatic nitrogens is 2. The van der Waals surface area contributed by atoms with Gasteiger partial charge in [0.25, 0.3) is 0 Å². The molecule has 0 aliphatic carbocycles. The van der Waals surface area contributed by atoms with Gasteiger partial charge in [0.2, 0.25) is 0 Å². The van der Waals surface area contributed by atoms with Gasteiger partial charge in [-0.1, -0.05) is 66.7 Å². The van der Waals surface area contributed by atoms with Crippen molar-refractivity contribution in [2.24, 2.45) is 7.05 Å². The third kappa shape index (κ3) is 1.69. The van der Waals surface area contributed by atoms with Crippen molar-refractivity contribution in [2.45, 2.75) is 0 Å². The zero-order valence-electron chi connectivity index (χ0n) is 17.1. The van der Waals surface area contributed by atoms with Gasteiger partial charge in [0.15, 0.2) is 0 Å². The van der Waals surface area contributed by atoms with E-state index in [4.69, 9.17) is 0 Å². The molecule has 0 fully saturated rings. The van der Waals surface area contributed by atoms with Crippen LogP contribution in [0.15, 0.2) is 91.0 Å². The van der Waals surface area contributed by atoms with Crippen molar-refractivity contribution in [2.75, 3.05) is 0 Å². The van der Waals surface area contributed by atoms with Gasteiger partial charge in [0.1, 0.15) is 0 Å².